The Kier molecular flexibility index (Phi) is 7.50. The van der Waals surface area contributed by atoms with Crippen molar-refractivity contribution in [3.63, 3.8) is 0 Å². The van der Waals surface area contributed by atoms with Crippen LogP contribution in [0.5, 0.6) is 11.5 Å². The second kappa shape index (κ2) is 9.68. The van der Waals surface area contributed by atoms with Crippen LogP contribution in [0.4, 0.5) is 22.0 Å². The first-order valence-corrected chi connectivity index (χ1v) is 11.3. The van der Waals surface area contributed by atoms with Crippen LogP contribution >= 0.6 is 11.8 Å². The molecule has 0 fully saturated rings. The Morgan fingerprint density at radius 2 is 1.70 bits per heavy atom. The fraction of sp³-hybridized carbons (Fsp3) is 0.478. The van der Waals surface area contributed by atoms with Gasteiger partial charge in [-0.2, -0.15) is 22.0 Å². The van der Waals surface area contributed by atoms with Crippen LogP contribution in [0.15, 0.2) is 47.4 Å². The van der Waals surface area contributed by atoms with Gasteiger partial charge in [0.15, 0.2) is 11.5 Å². The molecular formula is C23H26F5NO3S. The van der Waals surface area contributed by atoms with Gasteiger partial charge in [0.1, 0.15) is 6.10 Å². The number of hydrogen-bond donors (Lipinski definition) is 2. The molecule has 4 nitrogen and oxygen atoms in total. The Balaban J connectivity index is 2.08. The molecule has 0 bridgehead atoms. The lowest BCUT2D eigenvalue weighted by Crippen LogP contribution is -2.56. The molecule has 10 heteroatoms. The Morgan fingerprint density at radius 1 is 1.09 bits per heavy atom. The van der Waals surface area contributed by atoms with Crippen molar-refractivity contribution < 1.29 is 36.5 Å². The summed E-state index contributed by atoms with van der Waals surface area (Å²) < 4.78 is 77.4. The fourth-order valence-corrected chi connectivity index (χ4v) is 5.30. The molecule has 1 aliphatic rings. The lowest BCUT2D eigenvalue weighted by Gasteiger charge is -2.39. The molecule has 0 spiro atoms. The number of aliphatic hydroxyl groups is 1. The van der Waals surface area contributed by atoms with Crippen molar-refractivity contribution in [2.75, 3.05) is 20.0 Å². The van der Waals surface area contributed by atoms with Gasteiger partial charge in [0.05, 0.1) is 20.3 Å². The van der Waals surface area contributed by atoms with Gasteiger partial charge in [-0.25, -0.2) is 0 Å². The molecule has 3 atom stereocenters. The van der Waals surface area contributed by atoms with E-state index in [1.165, 1.54) is 26.0 Å². The number of benzene rings is 2. The van der Waals surface area contributed by atoms with E-state index in [0.717, 1.165) is 16.0 Å². The summed E-state index contributed by atoms with van der Waals surface area (Å²) in [5.74, 6) is -4.12. The minimum Gasteiger partial charge on any atom is -0.493 e. The van der Waals surface area contributed by atoms with E-state index in [-0.39, 0.29) is 12.2 Å². The summed E-state index contributed by atoms with van der Waals surface area (Å²) in [6.07, 6.45) is -9.31. The molecule has 1 heterocycles. The maximum absolute atomic E-state index is 13.9. The molecule has 0 saturated heterocycles. The quantitative estimate of drug-likeness (QED) is 0.495. The minimum atomic E-state index is -5.85. The molecule has 0 amide bonds. The first-order valence-electron chi connectivity index (χ1n) is 10.3. The third-order valence-electron chi connectivity index (χ3n) is 5.97. The van der Waals surface area contributed by atoms with Crippen LogP contribution in [0.3, 0.4) is 0 Å². The minimum absolute atomic E-state index is 0.167. The van der Waals surface area contributed by atoms with Gasteiger partial charge in [-0.3, -0.25) is 5.32 Å². The topological polar surface area (TPSA) is 50.7 Å². The van der Waals surface area contributed by atoms with Crippen molar-refractivity contribution in [3.05, 3.63) is 53.6 Å². The van der Waals surface area contributed by atoms with Crippen molar-refractivity contribution in [3.8, 4) is 11.5 Å². The molecule has 0 aliphatic carbocycles. The summed E-state index contributed by atoms with van der Waals surface area (Å²) >= 11 is 1.31. The molecule has 182 valence electrons. The fourth-order valence-electron chi connectivity index (χ4n) is 3.93. The van der Waals surface area contributed by atoms with E-state index < -0.39 is 36.2 Å². The first kappa shape index (κ1) is 25.6. The van der Waals surface area contributed by atoms with Crippen molar-refractivity contribution in [2.24, 2.45) is 0 Å². The number of halogens is 5. The normalized spacial score (nSPS) is 22.3. The highest BCUT2D eigenvalue weighted by Crippen LogP contribution is 2.47. The van der Waals surface area contributed by atoms with Gasteiger partial charge >= 0.3 is 12.1 Å². The molecule has 2 N–H and O–H groups in total. The van der Waals surface area contributed by atoms with Crippen molar-refractivity contribution in [1.82, 2.24) is 5.32 Å². The maximum atomic E-state index is 13.9. The monoisotopic (exact) mass is 491 g/mol. The first-order chi connectivity index (χ1) is 15.5. The lowest BCUT2D eigenvalue weighted by atomic mass is 9.86. The molecule has 1 aliphatic heterocycles. The number of nitrogens with one attached hydrogen (secondary N) is 1. The highest BCUT2D eigenvalue weighted by molar-refractivity contribution is 7.99. The molecule has 2 aromatic carbocycles. The number of thioether (sulfide) groups is 1. The summed E-state index contributed by atoms with van der Waals surface area (Å²) in [7, 11) is 2.98. The van der Waals surface area contributed by atoms with Crippen LogP contribution in [0, 0.1) is 0 Å². The third-order valence-corrected chi connectivity index (χ3v) is 7.33. The van der Waals surface area contributed by atoms with Crippen molar-refractivity contribution >= 4 is 11.8 Å². The second-order valence-corrected chi connectivity index (χ2v) is 9.01. The molecule has 3 rings (SSSR count). The molecule has 0 aromatic heterocycles. The van der Waals surface area contributed by atoms with Gasteiger partial charge < -0.3 is 14.6 Å². The average molecular weight is 492 g/mol. The van der Waals surface area contributed by atoms with Crippen LogP contribution in [0.1, 0.15) is 36.9 Å². The molecule has 0 saturated carbocycles. The summed E-state index contributed by atoms with van der Waals surface area (Å²) in [6, 6.07) is 12.1. The van der Waals surface area contributed by atoms with E-state index in [1.807, 2.05) is 30.3 Å². The van der Waals surface area contributed by atoms with E-state index in [4.69, 9.17) is 9.47 Å². The Hall–Kier alpha value is -2.04. The van der Waals surface area contributed by atoms with Crippen molar-refractivity contribution in [2.45, 2.75) is 54.4 Å². The van der Waals surface area contributed by atoms with Crippen molar-refractivity contribution in [1.29, 1.82) is 0 Å². The highest BCUT2D eigenvalue weighted by atomic mass is 32.2. The third kappa shape index (κ3) is 5.07. The molecular weight excluding hydrogens is 465 g/mol. The molecule has 2 aromatic rings. The number of aliphatic hydroxyl groups excluding tert-OH is 1. The predicted octanol–water partition coefficient (Wildman–Crippen LogP) is 5.59. The van der Waals surface area contributed by atoms with Crippen LogP contribution in [0.2, 0.25) is 0 Å². The van der Waals surface area contributed by atoms with Crippen LogP contribution in [0.25, 0.3) is 0 Å². The standard InChI is InChI=1S/C23H26F5NO3S/c1-4-21(12-19(30)22(24,25)23(26,27)28)13-33-18-11-17(32-3)16(31-2)10-15(18)20(29-21)14-8-6-5-7-9-14/h5-11,19-20,29-30H,4,12-13H2,1-3H3. The summed E-state index contributed by atoms with van der Waals surface area (Å²) in [6.45, 7) is 1.70. The highest BCUT2D eigenvalue weighted by Gasteiger charge is 2.63. The number of alkyl halides is 5. The number of ether oxygens (including phenoxy) is 2. The Bertz CT molecular complexity index is 957. The zero-order chi connectivity index (χ0) is 24.4. The smallest absolute Gasteiger partial charge is 0.456 e. The molecule has 33 heavy (non-hydrogen) atoms. The number of methoxy groups -OCH3 is 2. The van der Waals surface area contributed by atoms with Gasteiger partial charge in [-0.15, -0.1) is 11.8 Å². The van der Waals surface area contributed by atoms with E-state index in [9.17, 15) is 27.1 Å². The summed E-state index contributed by atoms with van der Waals surface area (Å²) in [4.78, 5) is 0.779. The van der Waals surface area contributed by atoms with Gasteiger partial charge in [0.2, 0.25) is 0 Å². The van der Waals surface area contributed by atoms with Crippen LogP contribution in [-0.4, -0.2) is 48.8 Å². The predicted molar refractivity (Wildman–Crippen MR) is 116 cm³/mol. The van der Waals surface area contributed by atoms with Crippen LogP contribution in [-0.2, 0) is 0 Å². The lowest BCUT2D eigenvalue weighted by molar-refractivity contribution is -0.315. The zero-order valence-corrected chi connectivity index (χ0v) is 19.2. The average Bonchev–Trinajstić information content (AvgIpc) is 2.95. The van der Waals surface area contributed by atoms with E-state index in [1.54, 1.807) is 19.1 Å². The number of fused-ring (bicyclic) bond motifs is 1. The Morgan fingerprint density at radius 3 is 2.24 bits per heavy atom. The summed E-state index contributed by atoms with van der Waals surface area (Å²) in [5, 5.41) is 13.3. The largest absolute Gasteiger partial charge is 0.493 e. The van der Waals surface area contributed by atoms with E-state index >= 15 is 0 Å². The van der Waals surface area contributed by atoms with Gasteiger partial charge in [0, 0.05) is 16.2 Å². The number of hydrogen-bond acceptors (Lipinski definition) is 5. The van der Waals surface area contributed by atoms with Gasteiger partial charge in [-0.05, 0) is 36.1 Å². The van der Waals surface area contributed by atoms with Crippen LogP contribution < -0.4 is 14.8 Å². The number of rotatable bonds is 7. The SMILES string of the molecule is CCC1(CC(O)C(F)(F)C(F)(F)F)CSc2cc(OC)c(OC)cc2C(c2ccccc2)N1. The van der Waals surface area contributed by atoms with E-state index in [2.05, 4.69) is 5.32 Å². The Labute approximate surface area is 193 Å². The molecule has 0 radical (unpaired) electrons. The zero-order valence-electron chi connectivity index (χ0n) is 18.4. The van der Waals surface area contributed by atoms with Gasteiger partial charge in [0.25, 0.3) is 0 Å². The summed E-state index contributed by atoms with van der Waals surface area (Å²) in [5.41, 5.74) is 0.360. The van der Waals surface area contributed by atoms with E-state index in [0.29, 0.717) is 11.5 Å². The maximum Gasteiger partial charge on any atom is 0.456 e. The van der Waals surface area contributed by atoms with Gasteiger partial charge in [-0.1, -0.05) is 37.3 Å². The molecule has 3 unspecified atom stereocenters. The second-order valence-electron chi connectivity index (χ2n) is 8.00.